The third-order valence-electron chi connectivity index (χ3n) is 5.91. The van der Waals surface area contributed by atoms with Gasteiger partial charge in [-0.2, -0.15) is 5.26 Å². The molecule has 0 radical (unpaired) electrons. The highest BCUT2D eigenvalue weighted by molar-refractivity contribution is 5.94. The first-order valence-corrected chi connectivity index (χ1v) is 11.7. The van der Waals surface area contributed by atoms with Crippen molar-refractivity contribution >= 4 is 5.91 Å². The van der Waals surface area contributed by atoms with E-state index in [1.165, 1.54) is 32.2 Å². The summed E-state index contributed by atoms with van der Waals surface area (Å²) in [4.78, 5) is 14.9. The zero-order valence-corrected chi connectivity index (χ0v) is 18.9. The summed E-state index contributed by atoms with van der Waals surface area (Å²) in [5, 5.41) is 12.0. The number of carbonyl (C=O) groups excluding carboxylic acids is 1. The third-order valence-corrected chi connectivity index (χ3v) is 5.91. The molecule has 1 aliphatic carbocycles. The van der Waals surface area contributed by atoms with Crippen LogP contribution in [-0.2, 0) is 11.2 Å². The Morgan fingerprint density at radius 3 is 2.60 bits per heavy atom. The molecule has 1 saturated carbocycles. The fourth-order valence-corrected chi connectivity index (χ4v) is 4.03. The summed E-state index contributed by atoms with van der Waals surface area (Å²) in [7, 11) is 2.21. The van der Waals surface area contributed by atoms with E-state index in [0.717, 1.165) is 50.8 Å². The summed E-state index contributed by atoms with van der Waals surface area (Å²) in [5.74, 6) is -0.0396. The number of hydrogen-bond donors (Lipinski definition) is 1. The molecule has 5 heteroatoms. The van der Waals surface area contributed by atoms with E-state index in [0.29, 0.717) is 18.1 Å². The van der Waals surface area contributed by atoms with Crippen LogP contribution in [0.2, 0.25) is 0 Å². The topological polar surface area (TPSA) is 65.4 Å². The van der Waals surface area contributed by atoms with Gasteiger partial charge in [0.15, 0.2) is 0 Å². The van der Waals surface area contributed by atoms with Gasteiger partial charge in [-0.3, -0.25) is 4.79 Å². The molecule has 1 aromatic carbocycles. The Balaban J connectivity index is 1.57. The highest BCUT2D eigenvalue weighted by Crippen LogP contribution is 2.22. The second-order valence-corrected chi connectivity index (χ2v) is 8.57. The number of unbranched alkanes of at least 4 members (excludes halogenated alkanes) is 3. The van der Waals surface area contributed by atoms with Gasteiger partial charge in [0, 0.05) is 18.2 Å². The van der Waals surface area contributed by atoms with Gasteiger partial charge in [-0.25, -0.2) is 0 Å². The first kappa shape index (κ1) is 24.4. The van der Waals surface area contributed by atoms with Gasteiger partial charge in [-0.15, -0.1) is 0 Å². The molecule has 0 saturated heterocycles. The lowest BCUT2D eigenvalue weighted by atomic mass is 9.92. The molecule has 1 N–H and O–H groups in total. The van der Waals surface area contributed by atoms with Crippen LogP contribution >= 0.6 is 0 Å². The van der Waals surface area contributed by atoms with Crippen molar-refractivity contribution in [2.45, 2.75) is 83.3 Å². The van der Waals surface area contributed by atoms with Crippen LogP contribution in [0.25, 0.3) is 0 Å². The highest BCUT2D eigenvalue weighted by Gasteiger charge is 2.23. The van der Waals surface area contributed by atoms with Gasteiger partial charge in [0.2, 0.25) is 0 Å². The van der Waals surface area contributed by atoms with E-state index in [4.69, 9.17) is 10.00 Å². The quantitative estimate of drug-likeness (QED) is 0.476. The normalized spacial score (nSPS) is 18.9. The Labute approximate surface area is 182 Å². The molecule has 2 rings (SSSR count). The molecule has 1 amide bonds. The van der Waals surface area contributed by atoms with Gasteiger partial charge >= 0.3 is 0 Å². The summed E-state index contributed by atoms with van der Waals surface area (Å²) in [6.07, 6.45) is 10.8. The molecule has 1 aromatic rings. The lowest BCUT2D eigenvalue weighted by molar-refractivity contribution is 0.0198. The Bertz CT molecular complexity index is 663. The Morgan fingerprint density at radius 1 is 1.17 bits per heavy atom. The fraction of sp³-hybridized carbons (Fsp3) is 0.680. The number of rotatable bonds is 13. The first-order chi connectivity index (χ1) is 14.6. The molecule has 0 spiro atoms. The highest BCUT2D eigenvalue weighted by atomic mass is 16.5. The van der Waals surface area contributed by atoms with Crippen LogP contribution in [0.4, 0.5) is 0 Å². The van der Waals surface area contributed by atoms with E-state index >= 15 is 0 Å². The lowest BCUT2D eigenvalue weighted by Crippen LogP contribution is -2.39. The average Bonchev–Trinajstić information content (AvgIpc) is 2.75. The molecule has 0 heterocycles. The van der Waals surface area contributed by atoms with E-state index in [9.17, 15) is 4.79 Å². The molecule has 30 heavy (non-hydrogen) atoms. The van der Waals surface area contributed by atoms with Crippen LogP contribution in [-0.4, -0.2) is 49.7 Å². The van der Waals surface area contributed by atoms with Gasteiger partial charge in [-0.05, 0) is 82.8 Å². The van der Waals surface area contributed by atoms with Gasteiger partial charge < -0.3 is 15.0 Å². The minimum Gasteiger partial charge on any atom is -0.378 e. The largest absolute Gasteiger partial charge is 0.378 e. The molecule has 0 aromatic heterocycles. The number of hydrogen-bond acceptors (Lipinski definition) is 4. The first-order valence-electron chi connectivity index (χ1n) is 11.7. The van der Waals surface area contributed by atoms with Crippen LogP contribution in [0.5, 0.6) is 0 Å². The number of benzene rings is 1. The van der Waals surface area contributed by atoms with Gasteiger partial charge in [0.25, 0.3) is 5.91 Å². The van der Waals surface area contributed by atoms with Crippen molar-refractivity contribution in [1.82, 2.24) is 10.2 Å². The predicted molar refractivity (Wildman–Crippen MR) is 121 cm³/mol. The molecule has 0 unspecified atom stereocenters. The summed E-state index contributed by atoms with van der Waals surface area (Å²) in [6, 6.07) is 9.70. The second kappa shape index (κ2) is 14.2. The van der Waals surface area contributed by atoms with E-state index in [-0.39, 0.29) is 11.9 Å². The van der Waals surface area contributed by atoms with E-state index in [2.05, 4.69) is 30.3 Å². The molecule has 0 bridgehead atoms. The Hall–Kier alpha value is -1.90. The second-order valence-electron chi connectivity index (χ2n) is 8.57. The molecular weight excluding hydrogens is 374 g/mol. The van der Waals surface area contributed by atoms with Crippen LogP contribution in [0.3, 0.4) is 0 Å². The SMILES string of the molecule is CCCCCN(C)CCCCOC1CCC(NC(=O)c2cccc(CC#N)c2)CC1. The number of nitrogens with one attached hydrogen (secondary N) is 1. The van der Waals surface area contributed by atoms with Crippen molar-refractivity contribution < 1.29 is 9.53 Å². The van der Waals surface area contributed by atoms with Gasteiger partial charge in [0.1, 0.15) is 0 Å². The smallest absolute Gasteiger partial charge is 0.251 e. The molecular formula is C25H39N3O2. The summed E-state index contributed by atoms with van der Waals surface area (Å²) in [6.45, 7) is 5.44. The molecule has 5 nitrogen and oxygen atoms in total. The molecule has 1 aliphatic rings. The van der Waals surface area contributed by atoms with Crippen LogP contribution < -0.4 is 5.32 Å². The van der Waals surface area contributed by atoms with Crippen molar-refractivity contribution in [2.75, 3.05) is 26.7 Å². The molecule has 166 valence electrons. The van der Waals surface area contributed by atoms with Crippen molar-refractivity contribution in [3.05, 3.63) is 35.4 Å². The Kier molecular flexibility index (Phi) is 11.5. The average molecular weight is 414 g/mol. The minimum absolute atomic E-state index is 0.0396. The maximum atomic E-state index is 12.5. The van der Waals surface area contributed by atoms with E-state index in [1.54, 1.807) is 0 Å². The van der Waals surface area contributed by atoms with Crippen LogP contribution in [0.1, 0.15) is 80.6 Å². The summed E-state index contributed by atoms with van der Waals surface area (Å²) >= 11 is 0. The molecule has 0 atom stereocenters. The monoisotopic (exact) mass is 413 g/mol. The third kappa shape index (κ3) is 9.28. The molecule has 0 aliphatic heterocycles. The lowest BCUT2D eigenvalue weighted by Gasteiger charge is -2.29. The maximum Gasteiger partial charge on any atom is 0.251 e. The van der Waals surface area contributed by atoms with Crippen molar-refractivity contribution in [2.24, 2.45) is 0 Å². The minimum atomic E-state index is -0.0396. The van der Waals surface area contributed by atoms with Gasteiger partial charge in [0.05, 0.1) is 18.6 Å². The number of nitrogens with zero attached hydrogens (tertiary/aromatic N) is 2. The number of nitriles is 1. The van der Waals surface area contributed by atoms with Crippen LogP contribution in [0.15, 0.2) is 24.3 Å². The summed E-state index contributed by atoms with van der Waals surface area (Å²) < 4.78 is 6.08. The predicted octanol–water partition coefficient (Wildman–Crippen LogP) is 4.71. The number of amides is 1. The number of ether oxygens (including phenoxy) is 1. The summed E-state index contributed by atoms with van der Waals surface area (Å²) in [5.41, 5.74) is 1.52. The molecule has 1 fully saturated rings. The van der Waals surface area contributed by atoms with Gasteiger partial charge in [-0.1, -0.05) is 31.9 Å². The zero-order valence-electron chi connectivity index (χ0n) is 18.9. The van der Waals surface area contributed by atoms with E-state index < -0.39 is 0 Å². The maximum absolute atomic E-state index is 12.5. The van der Waals surface area contributed by atoms with Crippen molar-refractivity contribution in [3.63, 3.8) is 0 Å². The van der Waals surface area contributed by atoms with Crippen molar-refractivity contribution in [3.8, 4) is 6.07 Å². The van der Waals surface area contributed by atoms with Crippen LogP contribution in [0, 0.1) is 11.3 Å². The van der Waals surface area contributed by atoms with Crippen molar-refractivity contribution in [1.29, 1.82) is 5.26 Å². The fourth-order valence-electron chi connectivity index (χ4n) is 4.03. The zero-order chi connectivity index (χ0) is 21.6. The Morgan fingerprint density at radius 2 is 1.90 bits per heavy atom. The standard InChI is InChI=1S/C25H39N3O2/c1-3-4-5-17-28(2)18-6-7-19-30-24-13-11-23(12-14-24)27-25(29)22-10-8-9-21(20-22)15-16-26/h8-10,20,23-24H,3-7,11-15,17-19H2,1-2H3,(H,27,29). The van der Waals surface area contributed by atoms with E-state index in [1.807, 2.05) is 24.3 Å². The number of carbonyl (C=O) groups is 1.